The van der Waals surface area contributed by atoms with Gasteiger partial charge < -0.3 is 4.90 Å². The highest BCUT2D eigenvalue weighted by atomic mass is 32.2. The summed E-state index contributed by atoms with van der Waals surface area (Å²) in [6.07, 6.45) is -0.220. The first-order valence-corrected chi connectivity index (χ1v) is 12.4. The number of hydrogen-bond donors (Lipinski definition) is 0. The molecule has 1 amide bonds. The average Bonchev–Trinajstić information content (AvgIpc) is 2.83. The van der Waals surface area contributed by atoms with E-state index in [4.69, 9.17) is 5.26 Å². The van der Waals surface area contributed by atoms with E-state index >= 15 is 0 Å². The first-order chi connectivity index (χ1) is 16.0. The quantitative estimate of drug-likeness (QED) is 0.559. The molecule has 0 saturated heterocycles. The van der Waals surface area contributed by atoms with Crippen LogP contribution in [0.3, 0.4) is 0 Å². The first-order valence-electron chi connectivity index (χ1n) is 10.9. The fraction of sp³-hybridized carbons (Fsp3) is 0.417. The molecule has 1 aliphatic rings. The standard InChI is InChI=1S/C24H26F3N3O3S/c1-29(21-7-3-2-4-8-21)34(32,33)22-9-5-6-20(14-22)23(31)30(17-24(25,26)27)16-19-12-10-18(15-28)11-13-19/h5-6,9-14,21H,2-4,7-8,16-17H2,1H3. The summed E-state index contributed by atoms with van der Waals surface area (Å²) in [6.45, 7) is -1.84. The Labute approximate surface area is 197 Å². The van der Waals surface area contributed by atoms with Gasteiger partial charge in [0.25, 0.3) is 5.91 Å². The molecule has 6 nitrogen and oxygen atoms in total. The maximum Gasteiger partial charge on any atom is 0.406 e. The van der Waals surface area contributed by atoms with Crippen molar-refractivity contribution in [2.75, 3.05) is 13.6 Å². The minimum absolute atomic E-state index is 0.128. The Morgan fingerprint density at radius 1 is 1.09 bits per heavy atom. The number of alkyl halides is 3. The molecular formula is C24H26F3N3O3S. The third kappa shape index (κ3) is 6.36. The Kier molecular flexibility index (Phi) is 8.00. The number of benzene rings is 2. The van der Waals surface area contributed by atoms with Crippen molar-refractivity contribution in [1.29, 1.82) is 5.26 Å². The second-order valence-electron chi connectivity index (χ2n) is 8.43. The van der Waals surface area contributed by atoms with E-state index < -0.39 is 28.7 Å². The van der Waals surface area contributed by atoms with Crippen molar-refractivity contribution in [3.05, 3.63) is 65.2 Å². The number of nitriles is 1. The van der Waals surface area contributed by atoms with Gasteiger partial charge in [0, 0.05) is 25.2 Å². The van der Waals surface area contributed by atoms with Crippen molar-refractivity contribution in [3.8, 4) is 6.07 Å². The number of halogens is 3. The van der Waals surface area contributed by atoms with Gasteiger partial charge in [-0.25, -0.2) is 8.42 Å². The van der Waals surface area contributed by atoms with E-state index in [0.29, 0.717) is 16.0 Å². The molecule has 0 bridgehead atoms. The average molecular weight is 494 g/mol. The molecule has 2 aromatic rings. The van der Waals surface area contributed by atoms with Crippen molar-refractivity contribution >= 4 is 15.9 Å². The zero-order valence-electron chi connectivity index (χ0n) is 18.8. The van der Waals surface area contributed by atoms with Crippen LogP contribution < -0.4 is 0 Å². The van der Waals surface area contributed by atoms with E-state index in [1.165, 1.54) is 53.8 Å². The van der Waals surface area contributed by atoms with E-state index in [2.05, 4.69) is 0 Å². The lowest BCUT2D eigenvalue weighted by Crippen LogP contribution is -2.39. The Morgan fingerprint density at radius 2 is 1.74 bits per heavy atom. The first kappa shape index (κ1) is 25.7. The van der Waals surface area contributed by atoms with Crippen LogP contribution >= 0.6 is 0 Å². The van der Waals surface area contributed by atoms with E-state index in [-0.39, 0.29) is 23.0 Å². The number of rotatable bonds is 7. The number of nitrogens with zero attached hydrogens (tertiary/aromatic N) is 3. The monoisotopic (exact) mass is 493 g/mol. The summed E-state index contributed by atoms with van der Waals surface area (Å²) >= 11 is 0. The van der Waals surface area contributed by atoms with Gasteiger partial charge in [0.1, 0.15) is 6.54 Å². The maximum absolute atomic E-state index is 13.2. The molecule has 0 unspecified atom stereocenters. The van der Waals surface area contributed by atoms with Crippen LogP contribution in [0.25, 0.3) is 0 Å². The number of carbonyl (C=O) groups excluding carboxylic acids is 1. The van der Waals surface area contributed by atoms with Gasteiger partial charge in [0.05, 0.1) is 16.5 Å². The Balaban J connectivity index is 1.87. The summed E-state index contributed by atoms with van der Waals surface area (Å²) in [5.41, 5.74) is 0.617. The summed E-state index contributed by atoms with van der Waals surface area (Å²) in [7, 11) is -2.41. The molecule has 0 spiro atoms. The van der Waals surface area contributed by atoms with Gasteiger partial charge in [0.2, 0.25) is 10.0 Å². The Morgan fingerprint density at radius 3 is 2.32 bits per heavy atom. The van der Waals surface area contributed by atoms with Gasteiger partial charge in [0.15, 0.2) is 0 Å². The number of hydrogen-bond acceptors (Lipinski definition) is 4. The summed E-state index contributed by atoms with van der Waals surface area (Å²) in [6, 6.07) is 12.8. The van der Waals surface area contributed by atoms with Crippen molar-refractivity contribution in [3.63, 3.8) is 0 Å². The smallest absolute Gasteiger partial charge is 0.325 e. The zero-order chi connectivity index (χ0) is 24.9. The molecule has 2 aromatic carbocycles. The van der Waals surface area contributed by atoms with Crippen LogP contribution in [0.5, 0.6) is 0 Å². The molecule has 1 aliphatic carbocycles. The normalized spacial score (nSPS) is 15.2. The van der Waals surface area contributed by atoms with Gasteiger partial charge in [-0.15, -0.1) is 0 Å². The fourth-order valence-corrected chi connectivity index (χ4v) is 5.56. The van der Waals surface area contributed by atoms with Crippen LogP contribution in [0.15, 0.2) is 53.4 Å². The minimum Gasteiger partial charge on any atom is -0.325 e. The molecule has 1 saturated carbocycles. The second-order valence-corrected chi connectivity index (χ2v) is 10.4. The predicted octanol–water partition coefficient (Wildman–Crippen LogP) is 4.72. The Bertz CT molecular complexity index is 1150. The lowest BCUT2D eigenvalue weighted by molar-refractivity contribution is -0.141. The fourth-order valence-electron chi connectivity index (χ4n) is 4.10. The third-order valence-corrected chi connectivity index (χ3v) is 7.87. The highest BCUT2D eigenvalue weighted by molar-refractivity contribution is 7.89. The highest BCUT2D eigenvalue weighted by Crippen LogP contribution is 2.27. The number of sulfonamides is 1. The maximum atomic E-state index is 13.2. The van der Waals surface area contributed by atoms with Gasteiger partial charge in [-0.2, -0.15) is 22.7 Å². The van der Waals surface area contributed by atoms with Gasteiger partial charge in [-0.1, -0.05) is 37.5 Å². The van der Waals surface area contributed by atoms with E-state index in [1.807, 2.05) is 6.07 Å². The molecule has 34 heavy (non-hydrogen) atoms. The van der Waals surface area contributed by atoms with Gasteiger partial charge in [-0.05, 0) is 48.7 Å². The predicted molar refractivity (Wildman–Crippen MR) is 120 cm³/mol. The zero-order valence-corrected chi connectivity index (χ0v) is 19.6. The molecule has 1 fully saturated rings. The molecule has 10 heteroatoms. The molecular weight excluding hydrogens is 467 g/mol. The minimum atomic E-state index is -4.65. The molecule has 0 atom stereocenters. The molecule has 0 N–H and O–H groups in total. The number of amides is 1. The van der Waals surface area contributed by atoms with Crippen molar-refractivity contribution in [2.45, 2.75) is 55.8 Å². The SMILES string of the molecule is CN(C1CCCCC1)S(=O)(=O)c1cccc(C(=O)N(Cc2ccc(C#N)cc2)CC(F)(F)F)c1. The van der Waals surface area contributed by atoms with E-state index in [9.17, 15) is 26.4 Å². The van der Waals surface area contributed by atoms with Crippen molar-refractivity contribution < 1.29 is 26.4 Å². The van der Waals surface area contributed by atoms with Gasteiger partial charge >= 0.3 is 6.18 Å². The van der Waals surface area contributed by atoms with Crippen LogP contribution in [0, 0.1) is 11.3 Å². The molecule has 182 valence electrons. The summed E-state index contributed by atoms with van der Waals surface area (Å²) < 4.78 is 67.3. The largest absolute Gasteiger partial charge is 0.406 e. The second kappa shape index (κ2) is 10.6. The van der Waals surface area contributed by atoms with Crippen molar-refractivity contribution in [1.82, 2.24) is 9.21 Å². The van der Waals surface area contributed by atoms with Crippen LogP contribution in [0.2, 0.25) is 0 Å². The summed E-state index contributed by atoms with van der Waals surface area (Å²) in [5, 5.41) is 8.90. The third-order valence-electron chi connectivity index (χ3n) is 5.96. The molecule has 0 radical (unpaired) electrons. The van der Waals surface area contributed by atoms with Crippen LogP contribution in [0.4, 0.5) is 13.2 Å². The molecule has 0 aromatic heterocycles. The Hall–Kier alpha value is -2.90. The van der Waals surface area contributed by atoms with Gasteiger partial charge in [-0.3, -0.25) is 4.79 Å². The van der Waals surface area contributed by atoms with Crippen LogP contribution in [0.1, 0.15) is 53.6 Å². The highest BCUT2D eigenvalue weighted by Gasteiger charge is 2.34. The molecule has 3 rings (SSSR count). The molecule has 0 aliphatic heterocycles. The van der Waals surface area contributed by atoms with Crippen LogP contribution in [-0.4, -0.2) is 49.3 Å². The van der Waals surface area contributed by atoms with E-state index in [0.717, 1.165) is 38.2 Å². The van der Waals surface area contributed by atoms with Crippen LogP contribution in [-0.2, 0) is 16.6 Å². The topological polar surface area (TPSA) is 81.5 Å². The lowest BCUT2D eigenvalue weighted by atomic mass is 9.96. The number of carbonyl (C=O) groups is 1. The van der Waals surface area contributed by atoms with Crippen molar-refractivity contribution in [2.24, 2.45) is 0 Å². The summed E-state index contributed by atoms with van der Waals surface area (Å²) in [4.78, 5) is 13.6. The summed E-state index contributed by atoms with van der Waals surface area (Å²) in [5.74, 6) is -0.931. The van der Waals surface area contributed by atoms with E-state index in [1.54, 1.807) is 0 Å². The lowest BCUT2D eigenvalue weighted by Gasteiger charge is -2.30. The molecule has 0 heterocycles.